The molecule has 0 atom stereocenters. The SMILES string of the molecule is Cn1nccc1CCNc1cccc(F)n1. The van der Waals surface area contributed by atoms with Gasteiger partial charge in [0, 0.05) is 31.9 Å². The second-order valence-electron chi connectivity index (χ2n) is 3.47. The summed E-state index contributed by atoms with van der Waals surface area (Å²) < 4.78 is 14.6. The van der Waals surface area contributed by atoms with Crippen LogP contribution in [0.3, 0.4) is 0 Å². The minimum absolute atomic E-state index is 0.467. The van der Waals surface area contributed by atoms with E-state index in [-0.39, 0.29) is 0 Å². The van der Waals surface area contributed by atoms with Gasteiger partial charge in [0.1, 0.15) is 5.82 Å². The fourth-order valence-corrected chi connectivity index (χ4v) is 1.47. The molecular formula is C11H13FN4. The number of aryl methyl sites for hydroxylation is 1. The van der Waals surface area contributed by atoms with Gasteiger partial charge in [-0.2, -0.15) is 9.49 Å². The van der Waals surface area contributed by atoms with Crippen LogP contribution < -0.4 is 5.32 Å². The molecule has 0 aromatic carbocycles. The zero-order valence-corrected chi connectivity index (χ0v) is 9.02. The highest BCUT2D eigenvalue weighted by molar-refractivity contribution is 5.33. The highest BCUT2D eigenvalue weighted by Gasteiger charge is 1.99. The van der Waals surface area contributed by atoms with Crippen molar-refractivity contribution in [1.82, 2.24) is 14.8 Å². The van der Waals surface area contributed by atoms with E-state index < -0.39 is 5.95 Å². The molecule has 0 radical (unpaired) electrons. The lowest BCUT2D eigenvalue weighted by molar-refractivity contribution is 0.585. The minimum atomic E-state index is -0.467. The molecule has 0 bridgehead atoms. The molecule has 2 aromatic rings. The third kappa shape index (κ3) is 2.56. The predicted octanol–water partition coefficient (Wildman–Crippen LogP) is 1.61. The molecule has 5 heteroatoms. The number of nitrogens with one attached hydrogen (secondary N) is 1. The maximum Gasteiger partial charge on any atom is 0.214 e. The second kappa shape index (κ2) is 4.74. The highest BCUT2D eigenvalue weighted by Crippen LogP contribution is 2.04. The van der Waals surface area contributed by atoms with Crippen LogP contribution in [0.2, 0.25) is 0 Å². The van der Waals surface area contributed by atoms with Crippen LogP contribution >= 0.6 is 0 Å². The van der Waals surface area contributed by atoms with Gasteiger partial charge in [-0.25, -0.2) is 4.98 Å². The van der Waals surface area contributed by atoms with E-state index in [1.165, 1.54) is 6.07 Å². The number of halogens is 1. The Morgan fingerprint density at radius 2 is 2.25 bits per heavy atom. The summed E-state index contributed by atoms with van der Waals surface area (Å²) in [5.41, 5.74) is 1.13. The molecule has 0 aliphatic rings. The Kier molecular flexibility index (Phi) is 3.14. The number of pyridine rings is 1. The molecule has 0 aliphatic heterocycles. The van der Waals surface area contributed by atoms with Crippen LogP contribution in [-0.4, -0.2) is 21.3 Å². The first-order valence-electron chi connectivity index (χ1n) is 5.09. The Balaban J connectivity index is 1.87. The zero-order valence-electron chi connectivity index (χ0n) is 9.02. The number of rotatable bonds is 4. The van der Waals surface area contributed by atoms with Gasteiger partial charge in [-0.3, -0.25) is 4.68 Å². The lowest BCUT2D eigenvalue weighted by atomic mass is 10.3. The Bertz CT molecular complexity index is 467. The molecule has 0 amide bonds. The molecule has 0 unspecified atom stereocenters. The van der Waals surface area contributed by atoms with Gasteiger partial charge in [-0.05, 0) is 18.2 Å². The van der Waals surface area contributed by atoms with E-state index in [1.54, 1.807) is 18.3 Å². The van der Waals surface area contributed by atoms with E-state index in [0.29, 0.717) is 12.4 Å². The van der Waals surface area contributed by atoms with Crippen LogP contribution in [0.1, 0.15) is 5.69 Å². The largest absolute Gasteiger partial charge is 0.370 e. The van der Waals surface area contributed by atoms with Gasteiger partial charge in [-0.15, -0.1) is 0 Å². The van der Waals surface area contributed by atoms with Crippen LogP contribution in [0.15, 0.2) is 30.5 Å². The molecule has 1 N–H and O–H groups in total. The van der Waals surface area contributed by atoms with E-state index in [0.717, 1.165) is 12.1 Å². The van der Waals surface area contributed by atoms with Crippen molar-refractivity contribution in [2.75, 3.05) is 11.9 Å². The van der Waals surface area contributed by atoms with Crippen LogP contribution in [0, 0.1) is 5.95 Å². The molecule has 0 saturated heterocycles. The van der Waals surface area contributed by atoms with E-state index >= 15 is 0 Å². The highest BCUT2D eigenvalue weighted by atomic mass is 19.1. The summed E-state index contributed by atoms with van der Waals surface area (Å²) >= 11 is 0. The third-order valence-corrected chi connectivity index (χ3v) is 2.32. The smallest absolute Gasteiger partial charge is 0.214 e. The number of hydrogen-bond donors (Lipinski definition) is 1. The second-order valence-corrected chi connectivity index (χ2v) is 3.47. The van der Waals surface area contributed by atoms with Crippen LogP contribution in [0.25, 0.3) is 0 Å². The van der Waals surface area contributed by atoms with Crippen molar-refractivity contribution in [3.8, 4) is 0 Å². The van der Waals surface area contributed by atoms with Crippen LogP contribution in [-0.2, 0) is 13.5 Å². The average Bonchev–Trinajstić information content (AvgIpc) is 2.65. The minimum Gasteiger partial charge on any atom is -0.370 e. The summed E-state index contributed by atoms with van der Waals surface area (Å²) in [6, 6.07) is 6.66. The summed E-state index contributed by atoms with van der Waals surface area (Å²) in [6.45, 7) is 0.704. The lowest BCUT2D eigenvalue weighted by Gasteiger charge is -2.05. The van der Waals surface area contributed by atoms with Gasteiger partial charge < -0.3 is 5.32 Å². The third-order valence-electron chi connectivity index (χ3n) is 2.32. The number of hydrogen-bond acceptors (Lipinski definition) is 3. The number of aromatic nitrogens is 3. The molecule has 4 nitrogen and oxygen atoms in total. The lowest BCUT2D eigenvalue weighted by Crippen LogP contribution is -2.09. The zero-order chi connectivity index (χ0) is 11.4. The van der Waals surface area contributed by atoms with Gasteiger partial charge >= 0.3 is 0 Å². The summed E-state index contributed by atoms with van der Waals surface area (Å²) in [5, 5.41) is 7.13. The molecule has 84 valence electrons. The van der Waals surface area contributed by atoms with Crippen molar-refractivity contribution in [3.63, 3.8) is 0 Å². The first-order chi connectivity index (χ1) is 7.75. The van der Waals surface area contributed by atoms with Crippen molar-refractivity contribution in [2.24, 2.45) is 7.05 Å². The van der Waals surface area contributed by atoms with E-state index in [4.69, 9.17) is 0 Å². The molecular weight excluding hydrogens is 207 g/mol. The van der Waals surface area contributed by atoms with Crippen molar-refractivity contribution < 1.29 is 4.39 Å². The number of nitrogens with zero attached hydrogens (tertiary/aromatic N) is 3. The fraction of sp³-hybridized carbons (Fsp3) is 0.273. The van der Waals surface area contributed by atoms with Crippen molar-refractivity contribution in [3.05, 3.63) is 42.1 Å². The Morgan fingerprint density at radius 3 is 2.94 bits per heavy atom. The topological polar surface area (TPSA) is 42.7 Å². The molecule has 2 rings (SSSR count). The Labute approximate surface area is 93.1 Å². The standard InChI is InChI=1S/C11H13FN4/c1-16-9(6-8-14-16)5-7-13-11-4-2-3-10(12)15-11/h2-4,6,8H,5,7H2,1H3,(H,13,15). The van der Waals surface area contributed by atoms with Gasteiger partial charge in [0.25, 0.3) is 0 Å². The van der Waals surface area contributed by atoms with E-state index in [9.17, 15) is 4.39 Å². The van der Waals surface area contributed by atoms with E-state index in [1.807, 2.05) is 17.8 Å². The maximum absolute atomic E-state index is 12.8. The molecule has 0 spiro atoms. The van der Waals surface area contributed by atoms with Crippen molar-refractivity contribution in [1.29, 1.82) is 0 Å². The summed E-state index contributed by atoms with van der Waals surface area (Å²) in [6.07, 6.45) is 2.59. The molecule has 0 aliphatic carbocycles. The predicted molar refractivity (Wildman–Crippen MR) is 59.6 cm³/mol. The fourth-order valence-electron chi connectivity index (χ4n) is 1.47. The monoisotopic (exact) mass is 220 g/mol. The van der Waals surface area contributed by atoms with E-state index in [2.05, 4.69) is 15.4 Å². The Hall–Kier alpha value is -1.91. The average molecular weight is 220 g/mol. The normalized spacial score (nSPS) is 10.4. The van der Waals surface area contributed by atoms with Crippen LogP contribution in [0.4, 0.5) is 10.2 Å². The van der Waals surface area contributed by atoms with Gasteiger partial charge in [0.2, 0.25) is 5.95 Å². The molecule has 0 saturated carbocycles. The molecule has 0 fully saturated rings. The maximum atomic E-state index is 12.8. The van der Waals surface area contributed by atoms with Gasteiger partial charge in [0.15, 0.2) is 0 Å². The summed E-state index contributed by atoms with van der Waals surface area (Å²) in [4.78, 5) is 3.71. The first kappa shape index (κ1) is 10.6. The molecule has 16 heavy (non-hydrogen) atoms. The Morgan fingerprint density at radius 1 is 1.38 bits per heavy atom. The quantitative estimate of drug-likeness (QED) is 0.796. The summed E-state index contributed by atoms with van der Waals surface area (Å²) in [5.74, 6) is 0.0905. The number of anilines is 1. The van der Waals surface area contributed by atoms with Crippen molar-refractivity contribution >= 4 is 5.82 Å². The summed E-state index contributed by atoms with van der Waals surface area (Å²) in [7, 11) is 1.90. The van der Waals surface area contributed by atoms with Gasteiger partial charge in [0.05, 0.1) is 0 Å². The first-order valence-corrected chi connectivity index (χ1v) is 5.09. The van der Waals surface area contributed by atoms with Crippen molar-refractivity contribution in [2.45, 2.75) is 6.42 Å². The molecule has 2 aromatic heterocycles. The molecule has 2 heterocycles. The van der Waals surface area contributed by atoms with Gasteiger partial charge in [-0.1, -0.05) is 6.07 Å². The van der Waals surface area contributed by atoms with Crippen LogP contribution in [0.5, 0.6) is 0 Å².